The Morgan fingerprint density at radius 1 is 1.21 bits per heavy atom. The van der Waals surface area contributed by atoms with E-state index >= 15 is 0 Å². The Morgan fingerprint density at radius 3 is 2.71 bits per heavy atom. The van der Waals surface area contributed by atoms with Crippen molar-refractivity contribution in [1.82, 2.24) is 9.97 Å². The average molecular weight is 383 g/mol. The number of aromatic nitrogens is 2. The van der Waals surface area contributed by atoms with E-state index in [4.69, 9.17) is 4.74 Å². The third-order valence-corrected chi connectivity index (χ3v) is 4.60. The van der Waals surface area contributed by atoms with E-state index in [-0.39, 0.29) is 5.91 Å². The number of hydrogen-bond donors (Lipinski definition) is 2. The minimum absolute atomic E-state index is 0.238. The second-order valence-corrected chi connectivity index (χ2v) is 7.40. The summed E-state index contributed by atoms with van der Waals surface area (Å²) in [6.45, 7) is 9.99. The van der Waals surface area contributed by atoms with Gasteiger partial charge in [-0.3, -0.25) is 4.79 Å². The van der Waals surface area contributed by atoms with Crippen LogP contribution in [0.1, 0.15) is 36.5 Å². The maximum Gasteiger partial charge on any atom is 0.274 e. The normalized spacial score (nSPS) is 14.2. The molecule has 150 valence electrons. The minimum atomic E-state index is -0.238. The van der Waals surface area contributed by atoms with Crippen LogP contribution in [-0.2, 0) is 4.74 Å². The largest absolute Gasteiger partial charge is 0.378 e. The van der Waals surface area contributed by atoms with Gasteiger partial charge >= 0.3 is 0 Å². The zero-order valence-corrected chi connectivity index (χ0v) is 16.9. The molecule has 7 heteroatoms. The van der Waals surface area contributed by atoms with Gasteiger partial charge < -0.3 is 20.3 Å². The van der Waals surface area contributed by atoms with Crippen LogP contribution in [0.2, 0.25) is 0 Å². The molecule has 0 radical (unpaired) electrons. The van der Waals surface area contributed by atoms with Gasteiger partial charge in [-0.05, 0) is 37.5 Å². The summed E-state index contributed by atoms with van der Waals surface area (Å²) in [5.74, 6) is 0.849. The summed E-state index contributed by atoms with van der Waals surface area (Å²) in [7, 11) is 0. The van der Waals surface area contributed by atoms with Crippen LogP contribution in [0.3, 0.4) is 0 Å². The first-order valence-corrected chi connectivity index (χ1v) is 9.85. The van der Waals surface area contributed by atoms with E-state index in [0.717, 1.165) is 43.1 Å². The molecule has 0 saturated carbocycles. The molecule has 0 spiro atoms. The molecule has 0 aliphatic carbocycles. The molecule has 1 saturated heterocycles. The number of rotatable bonds is 7. The topological polar surface area (TPSA) is 79.4 Å². The zero-order chi connectivity index (χ0) is 19.9. The number of aryl methyl sites for hydroxylation is 1. The number of anilines is 3. The highest BCUT2D eigenvalue weighted by Crippen LogP contribution is 2.26. The molecule has 1 aromatic heterocycles. The van der Waals surface area contributed by atoms with E-state index in [0.29, 0.717) is 30.8 Å². The van der Waals surface area contributed by atoms with Gasteiger partial charge in [0.15, 0.2) is 0 Å². The Balaban J connectivity index is 1.73. The second-order valence-electron chi connectivity index (χ2n) is 7.40. The van der Waals surface area contributed by atoms with E-state index in [1.165, 1.54) is 0 Å². The van der Waals surface area contributed by atoms with E-state index in [2.05, 4.69) is 39.3 Å². The Hall–Kier alpha value is -2.67. The number of nitrogens with zero attached hydrogens (tertiary/aromatic N) is 3. The first-order valence-electron chi connectivity index (χ1n) is 9.85. The lowest BCUT2D eigenvalue weighted by Gasteiger charge is -2.30. The predicted octanol–water partition coefficient (Wildman–Crippen LogP) is 3.33. The summed E-state index contributed by atoms with van der Waals surface area (Å²) in [6.07, 6.45) is 1.02. The molecule has 0 bridgehead atoms. The first kappa shape index (κ1) is 20.1. The van der Waals surface area contributed by atoms with Crippen molar-refractivity contribution < 1.29 is 9.53 Å². The molecular weight excluding hydrogens is 354 g/mol. The molecule has 2 N–H and O–H groups in total. The van der Waals surface area contributed by atoms with Crippen molar-refractivity contribution in [3.05, 3.63) is 41.7 Å². The Kier molecular flexibility index (Phi) is 6.81. The molecule has 2 heterocycles. The molecule has 28 heavy (non-hydrogen) atoms. The predicted molar refractivity (Wildman–Crippen MR) is 112 cm³/mol. The molecule has 1 fully saturated rings. The van der Waals surface area contributed by atoms with Crippen LogP contribution in [-0.4, -0.2) is 48.7 Å². The van der Waals surface area contributed by atoms with Crippen LogP contribution < -0.4 is 15.5 Å². The Bertz CT molecular complexity index is 803. The number of hydrogen-bond acceptors (Lipinski definition) is 6. The number of carbonyl (C=O) groups is 1. The lowest BCUT2D eigenvalue weighted by Crippen LogP contribution is -2.36. The van der Waals surface area contributed by atoms with Crippen molar-refractivity contribution in [3.63, 3.8) is 0 Å². The van der Waals surface area contributed by atoms with Gasteiger partial charge in [0.25, 0.3) is 5.91 Å². The summed E-state index contributed by atoms with van der Waals surface area (Å²) in [5.41, 5.74) is 2.89. The Morgan fingerprint density at radius 2 is 1.96 bits per heavy atom. The molecule has 2 aromatic rings. The lowest BCUT2D eigenvalue weighted by atomic mass is 10.1. The zero-order valence-electron chi connectivity index (χ0n) is 16.9. The maximum atomic E-state index is 12.9. The summed E-state index contributed by atoms with van der Waals surface area (Å²) in [4.78, 5) is 23.9. The molecule has 7 nitrogen and oxygen atoms in total. The number of morpholine rings is 1. The van der Waals surface area contributed by atoms with Gasteiger partial charge in [0.2, 0.25) is 5.95 Å². The van der Waals surface area contributed by atoms with E-state index in [1.54, 1.807) is 6.07 Å². The molecular formula is C21H29N5O2. The monoisotopic (exact) mass is 383 g/mol. The summed E-state index contributed by atoms with van der Waals surface area (Å²) < 4.78 is 5.43. The second kappa shape index (κ2) is 9.50. The van der Waals surface area contributed by atoms with Crippen LogP contribution >= 0.6 is 0 Å². The minimum Gasteiger partial charge on any atom is -0.378 e. The highest BCUT2D eigenvalue weighted by Gasteiger charge is 2.17. The van der Waals surface area contributed by atoms with E-state index in [1.807, 2.05) is 31.2 Å². The van der Waals surface area contributed by atoms with E-state index in [9.17, 15) is 4.79 Å². The number of para-hydroxylation sites is 2. The quantitative estimate of drug-likeness (QED) is 0.763. The number of nitrogens with one attached hydrogen (secondary N) is 2. The number of carbonyl (C=O) groups excluding carboxylic acids is 1. The Labute approximate surface area is 166 Å². The van der Waals surface area contributed by atoms with Crippen LogP contribution in [0.5, 0.6) is 0 Å². The summed E-state index contributed by atoms with van der Waals surface area (Å²) >= 11 is 0. The molecule has 1 aliphatic heterocycles. The third-order valence-electron chi connectivity index (χ3n) is 4.60. The fraction of sp³-hybridized carbons (Fsp3) is 0.476. The van der Waals surface area contributed by atoms with Crippen molar-refractivity contribution in [2.24, 2.45) is 5.92 Å². The molecule has 0 unspecified atom stereocenters. The summed E-state index contributed by atoms with van der Waals surface area (Å²) in [5, 5.41) is 6.23. The standard InChI is InChI=1S/C21H29N5O2/c1-15(2)8-9-22-21-23-16(3)14-18(25-21)20(27)24-17-6-4-5-7-19(17)26-10-12-28-13-11-26/h4-7,14-15H,8-13H2,1-3H3,(H,24,27)(H,22,23,25). The van der Waals surface area contributed by atoms with Crippen molar-refractivity contribution in [1.29, 1.82) is 0 Å². The fourth-order valence-electron chi connectivity index (χ4n) is 3.08. The van der Waals surface area contributed by atoms with Gasteiger partial charge in [-0.25, -0.2) is 9.97 Å². The SMILES string of the molecule is Cc1cc(C(=O)Nc2ccccc2N2CCOCC2)nc(NCCC(C)C)n1. The van der Waals surface area contributed by atoms with Crippen molar-refractivity contribution in [2.45, 2.75) is 27.2 Å². The molecule has 0 atom stereocenters. The first-order chi connectivity index (χ1) is 13.5. The maximum absolute atomic E-state index is 12.9. The number of benzene rings is 1. The van der Waals surface area contributed by atoms with Crippen molar-refractivity contribution >= 4 is 23.2 Å². The van der Waals surface area contributed by atoms with Gasteiger partial charge in [0.05, 0.1) is 24.6 Å². The highest BCUT2D eigenvalue weighted by molar-refractivity contribution is 6.04. The van der Waals surface area contributed by atoms with E-state index < -0.39 is 0 Å². The molecule has 1 amide bonds. The van der Waals surface area contributed by atoms with Gasteiger partial charge in [-0.15, -0.1) is 0 Å². The van der Waals surface area contributed by atoms with Gasteiger partial charge in [0.1, 0.15) is 5.69 Å². The van der Waals surface area contributed by atoms with Gasteiger partial charge in [0, 0.05) is 25.3 Å². The van der Waals surface area contributed by atoms with Crippen molar-refractivity contribution in [3.8, 4) is 0 Å². The highest BCUT2D eigenvalue weighted by atomic mass is 16.5. The van der Waals surface area contributed by atoms with Crippen LogP contribution in [0.15, 0.2) is 30.3 Å². The van der Waals surface area contributed by atoms with Gasteiger partial charge in [-0.1, -0.05) is 26.0 Å². The molecule has 1 aliphatic rings. The van der Waals surface area contributed by atoms with Crippen LogP contribution in [0.4, 0.5) is 17.3 Å². The van der Waals surface area contributed by atoms with Crippen LogP contribution in [0, 0.1) is 12.8 Å². The fourth-order valence-corrected chi connectivity index (χ4v) is 3.08. The smallest absolute Gasteiger partial charge is 0.274 e. The average Bonchev–Trinajstić information content (AvgIpc) is 2.68. The number of amides is 1. The molecule has 1 aromatic carbocycles. The number of ether oxygens (including phenoxy) is 1. The molecule has 3 rings (SSSR count). The van der Waals surface area contributed by atoms with Gasteiger partial charge in [-0.2, -0.15) is 0 Å². The van der Waals surface area contributed by atoms with Crippen LogP contribution in [0.25, 0.3) is 0 Å². The lowest BCUT2D eigenvalue weighted by molar-refractivity contribution is 0.102. The van der Waals surface area contributed by atoms with Crippen molar-refractivity contribution in [2.75, 3.05) is 48.4 Å². The third kappa shape index (κ3) is 5.42. The summed E-state index contributed by atoms with van der Waals surface area (Å²) in [6, 6.07) is 9.54.